The monoisotopic (exact) mass is 446 g/mol. The van der Waals surface area contributed by atoms with Crippen LogP contribution in [0.2, 0.25) is 5.02 Å². The summed E-state index contributed by atoms with van der Waals surface area (Å²) < 4.78 is 19.4. The first-order valence-electron chi connectivity index (χ1n) is 10.9. The quantitative estimate of drug-likeness (QED) is 0.555. The summed E-state index contributed by atoms with van der Waals surface area (Å²) >= 11 is 6.00. The summed E-state index contributed by atoms with van der Waals surface area (Å²) in [5.41, 5.74) is 9.02. The number of hydrogen-bond donors (Lipinski definition) is 1. The molecule has 3 rings (SSSR count). The molecule has 1 saturated heterocycles. The van der Waals surface area contributed by atoms with Crippen LogP contribution in [0.4, 0.5) is 4.39 Å². The van der Waals surface area contributed by atoms with Gasteiger partial charge in [0, 0.05) is 36.3 Å². The molecule has 2 aromatic carbocycles. The van der Waals surface area contributed by atoms with Crippen molar-refractivity contribution in [3.63, 3.8) is 0 Å². The zero-order valence-electron chi connectivity index (χ0n) is 18.5. The summed E-state index contributed by atoms with van der Waals surface area (Å²) in [4.78, 5) is 14.8. The zero-order chi connectivity index (χ0) is 22.6. The third-order valence-electron chi connectivity index (χ3n) is 5.68. The molecule has 1 aliphatic heterocycles. The fourth-order valence-corrected chi connectivity index (χ4v) is 4.57. The van der Waals surface area contributed by atoms with E-state index in [0.717, 1.165) is 24.2 Å². The number of carbonyl (C=O) groups is 1. The summed E-state index contributed by atoms with van der Waals surface area (Å²) in [6.07, 6.45) is 1.21. The van der Waals surface area contributed by atoms with Crippen LogP contribution in [0.3, 0.4) is 0 Å². The fourth-order valence-electron chi connectivity index (χ4n) is 4.40. The minimum atomic E-state index is -0.305. The van der Waals surface area contributed by atoms with Crippen LogP contribution in [0.15, 0.2) is 42.5 Å². The van der Waals surface area contributed by atoms with Gasteiger partial charge in [-0.15, -0.1) is 0 Å². The van der Waals surface area contributed by atoms with Crippen molar-refractivity contribution < 1.29 is 13.9 Å². The van der Waals surface area contributed by atoms with E-state index >= 15 is 0 Å². The standard InChI is InChI=1S/C25H32ClFN2O2/c1-4-31-24(30)19(14-29-15-25(2,3)16-29)12-21(28)11-17-5-7-18(8-6-17)22-13-20(26)9-10-23(22)27/h5-10,13,19,21H,4,11-12,14-16,28H2,1-3H3/t19-,21+/m0/s1. The summed E-state index contributed by atoms with van der Waals surface area (Å²) in [5.74, 6) is -0.708. The van der Waals surface area contributed by atoms with Gasteiger partial charge in [-0.25, -0.2) is 4.39 Å². The molecule has 1 heterocycles. The second-order valence-electron chi connectivity index (χ2n) is 9.30. The van der Waals surface area contributed by atoms with E-state index in [4.69, 9.17) is 22.1 Å². The maximum absolute atomic E-state index is 14.1. The lowest BCUT2D eigenvalue weighted by atomic mass is 9.83. The lowest BCUT2D eigenvalue weighted by Gasteiger charge is -2.47. The highest BCUT2D eigenvalue weighted by molar-refractivity contribution is 6.30. The maximum atomic E-state index is 14.1. The van der Waals surface area contributed by atoms with E-state index in [9.17, 15) is 9.18 Å². The van der Waals surface area contributed by atoms with Crippen LogP contribution in [0.25, 0.3) is 11.1 Å². The highest BCUT2D eigenvalue weighted by Gasteiger charge is 2.37. The third kappa shape index (κ3) is 6.52. The van der Waals surface area contributed by atoms with E-state index < -0.39 is 0 Å². The van der Waals surface area contributed by atoms with Crippen LogP contribution in [0, 0.1) is 17.2 Å². The van der Waals surface area contributed by atoms with Gasteiger partial charge in [-0.05, 0) is 54.5 Å². The van der Waals surface area contributed by atoms with Crippen LogP contribution < -0.4 is 5.73 Å². The van der Waals surface area contributed by atoms with E-state index in [2.05, 4.69) is 18.7 Å². The van der Waals surface area contributed by atoms with Crippen LogP contribution in [0.5, 0.6) is 0 Å². The predicted octanol–water partition coefficient (Wildman–Crippen LogP) is 4.93. The van der Waals surface area contributed by atoms with E-state index in [1.54, 1.807) is 6.07 Å². The minimum Gasteiger partial charge on any atom is -0.466 e. The smallest absolute Gasteiger partial charge is 0.310 e. The second kappa shape index (κ2) is 10.1. The molecule has 4 nitrogen and oxygen atoms in total. The number of benzene rings is 2. The first-order valence-corrected chi connectivity index (χ1v) is 11.2. The number of carbonyl (C=O) groups excluding carboxylic acids is 1. The number of rotatable bonds is 9. The fraction of sp³-hybridized carbons (Fsp3) is 0.480. The lowest BCUT2D eigenvalue weighted by molar-refractivity contribution is -0.150. The number of likely N-dealkylation sites (tertiary alicyclic amines) is 1. The van der Waals surface area contributed by atoms with Gasteiger partial charge in [0.2, 0.25) is 0 Å². The Labute approximate surface area is 189 Å². The molecule has 6 heteroatoms. The van der Waals surface area contributed by atoms with E-state index in [-0.39, 0.29) is 23.7 Å². The summed E-state index contributed by atoms with van der Waals surface area (Å²) in [7, 11) is 0. The Bertz CT molecular complexity index is 893. The van der Waals surface area contributed by atoms with Crippen molar-refractivity contribution in [1.82, 2.24) is 4.90 Å². The molecule has 0 aliphatic carbocycles. The van der Waals surface area contributed by atoms with Gasteiger partial charge >= 0.3 is 5.97 Å². The first-order chi connectivity index (χ1) is 14.7. The van der Waals surface area contributed by atoms with Crippen molar-refractivity contribution in [2.45, 2.75) is 39.7 Å². The van der Waals surface area contributed by atoms with Gasteiger partial charge < -0.3 is 15.4 Å². The van der Waals surface area contributed by atoms with Crippen molar-refractivity contribution in [2.24, 2.45) is 17.1 Å². The normalized spacial score (nSPS) is 17.6. The van der Waals surface area contributed by atoms with Gasteiger partial charge in [-0.1, -0.05) is 49.7 Å². The molecular weight excluding hydrogens is 415 g/mol. The second-order valence-corrected chi connectivity index (χ2v) is 9.74. The highest BCUT2D eigenvalue weighted by atomic mass is 35.5. The van der Waals surface area contributed by atoms with Gasteiger partial charge in [0.15, 0.2) is 0 Å². The first kappa shape index (κ1) is 23.7. The molecule has 0 aromatic heterocycles. The van der Waals surface area contributed by atoms with Crippen molar-refractivity contribution >= 4 is 17.6 Å². The highest BCUT2D eigenvalue weighted by Crippen LogP contribution is 2.30. The van der Waals surface area contributed by atoms with Crippen molar-refractivity contribution in [1.29, 1.82) is 0 Å². The Morgan fingerprint density at radius 1 is 1.23 bits per heavy atom. The molecule has 0 bridgehead atoms. The molecule has 2 aromatic rings. The molecule has 168 valence electrons. The number of hydrogen-bond acceptors (Lipinski definition) is 4. The van der Waals surface area contributed by atoms with Gasteiger partial charge in [-0.2, -0.15) is 0 Å². The average Bonchev–Trinajstić information content (AvgIpc) is 2.68. The SMILES string of the molecule is CCOC(=O)[C@@H](C[C@H](N)Cc1ccc(-c2cc(Cl)ccc2F)cc1)CN1CC(C)(C)C1. The van der Waals surface area contributed by atoms with E-state index in [1.807, 2.05) is 31.2 Å². The van der Waals surface area contributed by atoms with Gasteiger partial charge in [0.25, 0.3) is 0 Å². The molecule has 0 spiro atoms. The molecule has 0 amide bonds. The molecule has 0 radical (unpaired) electrons. The molecular formula is C25H32ClFN2O2. The molecule has 2 atom stereocenters. The molecule has 0 saturated carbocycles. The minimum absolute atomic E-state index is 0.169. The zero-order valence-corrected chi connectivity index (χ0v) is 19.3. The number of esters is 1. The third-order valence-corrected chi connectivity index (χ3v) is 5.92. The summed E-state index contributed by atoms with van der Waals surface area (Å²) in [6.45, 7) is 9.31. The van der Waals surface area contributed by atoms with Gasteiger partial charge in [0.1, 0.15) is 5.82 Å². The topological polar surface area (TPSA) is 55.6 Å². The Balaban J connectivity index is 1.61. The molecule has 0 unspecified atom stereocenters. The predicted molar refractivity (Wildman–Crippen MR) is 123 cm³/mol. The van der Waals surface area contributed by atoms with Crippen molar-refractivity contribution in [3.8, 4) is 11.1 Å². The number of halogens is 2. The maximum Gasteiger partial charge on any atom is 0.310 e. The van der Waals surface area contributed by atoms with Gasteiger partial charge in [-0.3, -0.25) is 4.79 Å². The lowest BCUT2D eigenvalue weighted by Crippen LogP contribution is -2.55. The molecule has 2 N–H and O–H groups in total. The Morgan fingerprint density at radius 3 is 2.52 bits per heavy atom. The molecule has 1 fully saturated rings. The Hall–Kier alpha value is -1.95. The van der Waals surface area contributed by atoms with Crippen molar-refractivity contribution in [3.05, 3.63) is 58.9 Å². The summed E-state index contributed by atoms with van der Waals surface area (Å²) in [6, 6.07) is 12.0. The van der Waals surface area contributed by atoms with Crippen LogP contribution >= 0.6 is 11.6 Å². The molecule has 31 heavy (non-hydrogen) atoms. The molecule has 1 aliphatic rings. The number of nitrogens with zero attached hydrogens (tertiary/aromatic N) is 1. The Kier molecular flexibility index (Phi) is 7.73. The van der Waals surface area contributed by atoms with Crippen LogP contribution in [-0.4, -0.2) is 43.2 Å². The van der Waals surface area contributed by atoms with E-state index in [1.165, 1.54) is 12.1 Å². The van der Waals surface area contributed by atoms with Crippen LogP contribution in [-0.2, 0) is 16.0 Å². The number of nitrogens with two attached hydrogens (primary N) is 1. The van der Waals surface area contributed by atoms with E-state index in [0.29, 0.717) is 42.0 Å². The van der Waals surface area contributed by atoms with Crippen molar-refractivity contribution in [2.75, 3.05) is 26.2 Å². The average molecular weight is 447 g/mol. The van der Waals surface area contributed by atoms with Gasteiger partial charge in [0.05, 0.1) is 12.5 Å². The summed E-state index contributed by atoms with van der Waals surface area (Å²) in [5, 5.41) is 0.498. The van der Waals surface area contributed by atoms with Crippen LogP contribution in [0.1, 0.15) is 32.8 Å². The largest absolute Gasteiger partial charge is 0.466 e. The Morgan fingerprint density at radius 2 is 1.90 bits per heavy atom. The number of ether oxygens (including phenoxy) is 1.